The first-order valence-electron chi connectivity index (χ1n) is 7.55. The van der Waals surface area contributed by atoms with Crippen molar-refractivity contribution in [2.75, 3.05) is 0 Å². The van der Waals surface area contributed by atoms with E-state index < -0.39 is 0 Å². The zero-order valence-electron chi connectivity index (χ0n) is 12.4. The minimum Gasteiger partial charge on any atom is -0.351 e. The number of thiophene rings is 1. The molecule has 23 heavy (non-hydrogen) atoms. The molecule has 5 nitrogen and oxygen atoms in total. The molecule has 1 N–H and O–H groups in total. The Morgan fingerprint density at radius 2 is 2.39 bits per heavy atom. The second kappa shape index (κ2) is 6.25. The van der Waals surface area contributed by atoms with Gasteiger partial charge in [0.2, 0.25) is 5.91 Å². The van der Waals surface area contributed by atoms with Crippen molar-refractivity contribution in [3.8, 4) is 9.88 Å². The number of thiazole rings is 1. The van der Waals surface area contributed by atoms with Crippen molar-refractivity contribution in [2.24, 2.45) is 0 Å². The molecule has 3 aromatic rings. The second-order valence-electron chi connectivity index (χ2n) is 5.60. The number of amides is 1. The molecule has 1 amide bonds. The lowest BCUT2D eigenvalue weighted by Crippen LogP contribution is -2.41. The molecular weight excluding hydrogens is 328 g/mol. The Kier molecular flexibility index (Phi) is 3.97. The number of hydrogen-bond donors (Lipinski definition) is 1. The molecule has 0 fully saturated rings. The van der Waals surface area contributed by atoms with Crippen LogP contribution in [0.2, 0.25) is 0 Å². The van der Waals surface area contributed by atoms with Crippen LogP contribution < -0.4 is 5.32 Å². The number of carbonyl (C=O) groups excluding carboxylic acids is 1. The van der Waals surface area contributed by atoms with E-state index in [-0.39, 0.29) is 11.9 Å². The number of rotatable bonds is 4. The van der Waals surface area contributed by atoms with E-state index >= 15 is 0 Å². The van der Waals surface area contributed by atoms with Crippen LogP contribution in [0.25, 0.3) is 9.88 Å². The number of imidazole rings is 1. The lowest BCUT2D eigenvalue weighted by Gasteiger charge is -2.24. The van der Waals surface area contributed by atoms with Gasteiger partial charge in [0.1, 0.15) is 10.8 Å². The highest BCUT2D eigenvalue weighted by Crippen LogP contribution is 2.27. The monoisotopic (exact) mass is 344 g/mol. The molecule has 0 aromatic carbocycles. The molecule has 0 bridgehead atoms. The van der Waals surface area contributed by atoms with E-state index in [0.717, 1.165) is 40.8 Å². The van der Waals surface area contributed by atoms with E-state index in [0.29, 0.717) is 6.42 Å². The van der Waals surface area contributed by atoms with E-state index in [1.165, 1.54) is 0 Å². The zero-order valence-corrected chi connectivity index (χ0v) is 14.1. The van der Waals surface area contributed by atoms with Gasteiger partial charge in [-0.3, -0.25) is 4.79 Å². The summed E-state index contributed by atoms with van der Waals surface area (Å²) >= 11 is 3.26. The van der Waals surface area contributed by atoms with Gasteiger partial charge in [0.15, 0.2) is 0 Å². The maximum absolute atomic E-state index is 12.3. The van der Waals surface area contributed by atoms with E-state index in [4.69, 9.17) is 0 Å². The summed E-state index contributed by atoms with van der Waals surface area (Å²) < 4.78 is 2.12. The second-order valence-corrected chi connectivity index (χ2v) is 7.40. The Morgan fingerprint density at radius 1 is 1.43 bits per heavy atom. The maximum atomic E-state index is 12.3. The van der Waals surface area contributed by atoms with E-state index in [1.54, 1.807) is 22.7 Å². The third-order valence-electron chi connectivity index (χ3n) is 3.93. The first-order valence-corrected chi connectivity index (χ1v) is 9.31. The van der Waals surface area contributed by atoms with Crippen LogP contribution in [0.3, 0.4) is 0 Å². The molecule has 0 radical (unpaired) electrons. The molecular formula is C16H16N4OS2. The summed E-state index contributed by atoms with van der Waals surface area (Å²) in [5.74, 6) is 1.15. The van der Waals surface area contributed by atoms with Gasteiger partial charge in [0, 0.05) is 36.8 Å². The molecule has 1 aliphatic heterocycles. The van der Waals surface area contributed by atoms with Gasteiger partial charge in [0.05, 0.1) is 17.0 Å². The number of aryl methyl sites for hydroxylation is 1. The van der Waals surface area contributed by atoms with Crippen LogP contribution in [-0.2, 0) is 24.2 Å². The third kappa shape index (κ3) is 3.20. The molecule has 0 saturated carbocycles. The van der Waals surface area contributed by atoms with Gasteiger partial charge < -0.3 is 9.88 Å². The van der Waals surface area contributed by atoms with Crippen molar-refractivity contribution >= 4 is 28.6 Å². The molecule has 4 heterocycles. The molecule has 4 rings (SSSR count). The summed E-state index contributed by atoms with van der Waals surface area (Å²) in [5.41, 5.74) is 0.843. The number of fused-ring (bicyclic) bond motifs is 1. The molecule has 0 aliphatic carbocycles. The lowest BCUT2D eigenvalue weighted by molar-refractivity contribution is -0.121. The van der Waals surface area contributed by atoms with Crippen LogP contribution in [0, 0.1) is 0 Å². The third-order valence-corrected chi connectivity index (χ3v) is 5.86. The topological polar surface area (TPSA) is 59.8 Å². The van der Waals surface area contributed by atoms with Crippen LogP contribution in [0.15, 0.2) is 35.3 Å². The summed E-state index contributed by atoms with van der Waals surface area (Å²) in [4.78, 5) is 22.3. The maximum Gasteiger partial charge on any atom is 0.226 e. The van der Waals surface area contributed by atoms with E-state index in [9.17, 15) is 4.79 Å². The molecule has 0 unspecified atom stereocenters. The van der Waals surface area contributed by atoms with Crippen LogP contribution in [0.4, 0.5) is 0 Å². The first kappa shape index (κ1) is 14.6. The quantitative estimate of drug-likeness (QED) is 0.792. The van der Waals surface area contributed by atoms with Crippen LogP contribution in [-0.4, -0.2) is 26.5 Å². The van der Waals surface area contributed by atoms with Crippen molar-refractivity contribution in [1.29, 1.82) is 0 Å². The van der Waals surface area contributed by atoms with Crippen LogP contribution >= 0.6 is 22.7 Å². The molecule has 1 aliphatic rings. The minimum absolute atomic E-state index is 0.0431. The molecule has 0 saturated heterocycles. The first-order chi connectivity index (χ1) is 11.3. The Hall–Kier alpha value is -1.99. The smallest absolute Gasteiger partial charge is 0.226 e. The number of hydrogen-bond acceptors (Lipinski definition) is 5. The average Bonchev–Trinajstić information content (AvgIpc) is 3.27. The Bertz CT molecular complexity index is 806. The summed E-state index contributed by atoms with van der Waals surface area (Å²) in [6.07, 6.45) is 5.99. The molecule has 7 heteroatoms. The standard InChI is InChI=1S/C16H16N4OS2/c21-15(18-11-3-4-14-17-5-6-20(14)9-11)8-12-10-23-16(19-12)13-2-1-7-22-13/h1-2,5-7,10-11H,3-4,8-9H2,(H,18,21)/t11-/m1/s1. The number of carbonyl (C=O) groups is 1. The molecule has 3 aromatic heterocycles. The van der Waals surface area contributed by atoms with E-state index in [2.05, 4.69) is 25.9 Å². The van der Waals surface area contributed by atoms with Crippen molar-refractivity contribution < 1.29 is 4.79 Å². The highest BCUT2D eigenvalue weighted by atomic mass is 32.1. The van der Waals surface area contributed by atoms with Gasteiger partial charge in [-0.15, -0.1) is 22.7 Å². The molecule has 118 valence electrons. The minimum atomic E-state index is 0.0431. The fourth-order valence-corrected chi connectivity index (χ4v) is 4.46. The van der Waals surface area contributed by atoms with Crippen molar-refractivity contribution in [1.82, 2.24) is 19.9 Å². The molecule has 0 spiro atoms. The van der Waals surface area contributed by atoms with Gasteiger partial charge in [-0.1, -0.05) is 6.07 Å². The van der Waals surface area contributed by atoms with Gasteiger partial charge in [0.25, 0.3) is 0 Å². The van der Waals surface area contributed by atoms with Gasteiger partial charge in [-0.05, 0) is 17.9 Å². The van der Waals surface area contributed by atoms with E-state index in [1.807, 2.05) is 29.2 Å². The predicted octanol–water partition coefficient (Wildman–Crippen LogP) is 2.74. The number of aromatic nitrogens is 3. The molecule has 1 atom stereocenters. The van der Waals surface area contributed by atoms with Crippen LogP contribution in [0.1, 0.15) is 17.9 Å². The Balaban J connectivity index is 1.36. The summed E-state index contributed by atoms with van der Waals surface area (Å²) in [5, 5.41) is 8.13. The predicted molar refractivity (Wildman–Crippen MR) is 91.6 cm³/mol. The average molecular weight is 344 g/mol. The van der Waals surface area contributed by atoms with Gasteiger partial charge >= 0.3 is 0 Å². The largest absolute Gasteiger partial charge is 0.351 e. The van der Waals surface area contributed by atoms with Crippen molar-refractivity contribution in [2.45, 2.75) is 31.8 Å². The lowest BCUT2D eigenvalue weighted by atomic mass is 10.1. The van der Waals surface area contributed by atoms with Gasteiger partial charge in [-0.25, -0.2) is 9.97 Å². The summed E-state index contributed by atoms with van der Waals surface area (Å²) in [7, 11) is 0. The normalized spacial score (nSPS) is 17.0. The van der Waals surface area contributed by atoms with Crippen molar-refractivity contribution in [3.63, 3.8) is 0 Å². The number of nitrogens with one attached hydrogen (secondary N) is 1. The number of nitrogens with zero attached hydrogens (tertiary/aromatic N) is 3. The fourth-order valence-electron chi connectivity index (χ4n) is 2.83. The highest BCUT2D eigenvalue weighted by Gasteiger charge is 2.20. The summed E-state index contributed by atoms with van der Waals surface area (Å²) in [6, 6.07) is 4.25. The van der Waals surface area contributed by atoms with Gasteiger partial charge in [-0.2, -0.15) is 0 Å². The zero-order chi connectivity index (χ0) is 15.6. The summed E-state index contributed by atoms with van der Waals surface area (Å²) in [6.45, 7) is 0.804. The van der Waals surface area contributed by atoms with Crippen LogP contribution in [0.5, 0.6) is 0 Å². The Labute approximate surface area is 142 Å². The van der Waals surface area contributed by atoms with Crippen molar-refractivity contribution in [3.05, 3.63) is 46.8 Å². The fraction of sp³-hybridized carbons (Fsp3) is 0.312. The SMILES string of the molecule is O=C(Cc1csc(-c2cccs2)n1)N[C@@H]1CCc2nccn2C1. The Morgan fingerprint density at radius 3 is 3.26 bits per heavy atom. The highest BCUT2D eigenvalue weighted by molar-refractivity contribution is 7.20.